The first-order chi connectivity index (χ1) is 13.4. The van der Waals surface area contributed by atoms with Crippen molar-refractivity contribution >= 4 is 11.7 Å². The zero-order chi connectivity index (χ0) is 20.3. The molecule has 1 aromatic carbocycles. The fourth-order valence-corrected chi connectivity index (χ4v) is 2.94. The van der Waals surface area contributed by atoms with Gasteiger partial charge in [0.1, 0.15) is 0 Å². The molecule has 1 N–H and O–H groups in total. The van der Waals surface area contributed by atoms with Gasteiger partial charge < -0.3 is 14.8 Å². The van der Waals surface area contributed by atoms with Gasteiger partial charge >= 0.3 is 0 Å². The zero-order valence-corrected chi connectivity index (χ0v) is 16.8. The van der Waals surface area contributed by atoms with E-state index < -0.39 is 0 Å². The van der Waals surface area contributed by atoms with Crippen LogP contribution in [0.1, 0.15) is 54.4 Å². The Morgan fingerprint density at radius 2 is 1.82 bits per heavy atom. The van der Waals surface area contributed by atoms with Crippen LogP contribution in [0.25, 0.3) is 5.78 Å². The molecular formula is C20H25N5O3. The fourth-order valence-electron chi connectivity index (χ4n) is 2.94. The van der Waals surface area contributed by atoms with Crippen LogP contribution in [0.4, 0.5) is 0 Å². The Hall–Kier alpha value is -3.16. The molecule has 0 bridgehead atoms. The van der Waals surface area contributed by atoms with Gasteiger partial charge in [-0.2, -0.15) is 4.98 Å². The largest absolute Gasteiger partial charge is 0.490 e. The summed E-state index contributed by atoms with van der Waals surface area (Å²) in [5.41, 5.74) is 2.60. The number of nitrogens with one attached hydrogen (secondary N) is 1. The molecule has 0 saturated carbocycles. The summed E-state index contributed by atoms with van der Waals surface area (Å²) < 4.78 is 12.8. The van der Waals surface area contributed by atoms with Gasteiger partial charge in [-0.3, -0.25) is 4.79 Å². The Morgan fingerprint density at radius 1 is 1.11 bits per heavy atom. The average molecular weight is 383 g/mol. The van der Waals surface area contributed by atoms with E-state index >= 15 is 0 Å². The van der Waals surface area contributed by atoms with E-state index in [1.165, 1.54) is 0 Å². The number of aromatic nitrogens is 4. The third-order valence-corrected chi connectivity index (χ3v) is 4.24. The van der Waals surface area contributed by atoms with E-state index in [4.69, 9.17) is 9.47 Å². The van der Waals surface area contributed by atoms with Crippen molar-refractivity contribution in [2.75, 3.05) is 13.2 Å². The SMILES string of the molecule is CCOc1ccc(C(C)NC(=O)c2nc3nc(C)cc(C)n3n2)cc1OCC. The van der Waals surface area contributed by atoms with Gasteiger partial charge in [-0.15, -0.1) is 5.10 Å². The molecule has 1 atom stereocenters. The van der Waals surface area contributed by atoms with Crippen LogP contribution in [0, 0.1) is 13.8 Å². The number of amides is 1. The van der Waals surface area contributed by atoms with Gasteiger partial charge in [-0.25, -0.2) is 9.50 Å². The summed E-state index contributed by atoms with van der Waals surface area (Å²) in [6, 6.07) is 7.27. The van der Waals surface area contributed by atoms with Gasteiger partial charge in [0.15, 0.2) is 11.5 Å². The molecular weight excluding hydrogens is 358 g/mol. The van der Waals surface area contributed by atoms with Gasteiger partial charge in [-0.1, -0.05) is 6.07 Å². The number of hydrogen-bond acceptors (Lipinski definition) is 6. The van der Waals surface area contributed by atoms with Crippen molar-refractivity contribution in [2.45, 2.75) is 40.7 Å². The lowest BCUT2D eigenvalue weighted by Gasteiger charge is -2.17. The topological polar surface area (TPSA) is 90.6 Å². The van der Waals surface area contributed by atoms with Crippen molar-refractivity contribution in [1.29, 1.82) is 0 Å². The third kappa shape index (κ3) is 4.05. The monoisotopic (exact) mass is 383 g/mol. The lowest BCUT2D eigenvalue weighted by Crippen LogP contribution is -2.27. The molecule has 2 aromatic heterocycles. The predicted octanol–water partition coefficient (Wildman–Crippen LogP) is 3.03. The van der Waals surface area contributed by atoms with Crippen molar-refractivity contribution in [2.24, 2.45) is 0 Å². The summed E-state index contributed by atoms with van der Waals surface area (Å²) in [6.07, 6.45) is 0. The van der Waals surface area contributed by atoms with Gasteiger partial charge in [-0.05, 0) is 58.4 Å². The van der Waals surface area contributed by atoms with Crippen LogP contribution in [0.3, 0.4) is 0 Å². The third-order valence-electron chi connectivity index (χ3n) is 4.24. The highest BCUT2D eigenvalue weighted by molar-refractivity contribution is 5.91. The molecule has 8 nitrogen and oxygen atoms in total. The molecule has 0 aliphatic rings. The number of nitrogens with zero attached hydrogens (tertiary/aromatic N) is 4. The summed E-state index contributed by atoms with van der Waals surface area (Å²) in [7, 11) is 0. The molecule has 8 heteroatoms. The molecule has 1 amide bonds. The molecule has 0 radical (unpaired) electrons. The number of rotatable bonds is 7. The zero-order valence-electron chi connectivity index (χ0n) is 16.8. The standard InChI is InChI=1S/C20H25N5O3/c1-6-27-16-9-8-15(11-17(16)28-7-2)14(5)22-19(26)18-23-20-21-12(3)10-13(4)25(20)24-18/h8-11,14H,6-7H2,1-5H3,(H,22,26). The Bertz CT molecular complexity index is 999. The molecule has 2 heterocycles. The number of carbonyl (C=O) groups excluding carboxylic acids is 1. The molecule has 0 spiro atoms. The minimum absolute atomic E-state index is 0.0871. The molecule has 1 unspecified atom stereocenters. The second-order valence-corrected chi connectivity index (χ2v) is 6.45. The highest BCUT2D eigenvalue weighted by Crippen LogP contribution is 2.30. The van der Waals surface area contributed by atoms with Crippen LogP contribution in [0.5, 0.6) is 11.5 Å². The van der Waals surface area contributed by atoms with Gasteiger partial charge in [0.25, 0.3) is 11.7 Å². The highest BCUT2D eigenvalue weighted by atomic mass is 16.5. The first-order valence-corrected chi connectivity index (χ1v) is 9.34. The van der Waals surface area contributed by atoms with E-state index in [9.17, 15) is 4.79 Å². The normalized spacial score (nSPS) is 12.0. The van der Waals surface area contributed by atoms with E-state index in [1.807, 2.05) is 58.9 Å². The minimum Gasteiger partial charge on any atom is -0.490 e. The van der Waals surface area contributed by atoms with Crippen molar-refractivity contribution < 1.29 is 14.3 Å². The lowest BCUT2D eigenvalue weighted by molar-refractivity contribution is 0.0929. The summed E-state index contributed by atoms with van der Waals surface area (Å²) in [5.74, 6) is 1.48. The summed E-state index contributed by atoms with van der Waals surface area (Å²) in [6.45, 7) is 10.6. The number of benzene rings is 1. The number of aryl methyl sites for hydroxylation is 2. The molecule has 148 valence electrons. The summed E-state index contributed by atoms with van der Waals surface area (Å²) in [4.78, 5) is 21.2. The van der Waals surface area contributed by atoms with E-state index in [0.717, 1.165) is 17.0 Å². The summed E-state index contributed by atoms with van der Waals surface area (Å²) >= 11 is 0. The lowest BCUT2D eigenvalue weighted by atomic mass is 10.1. The molecule has 3 aromatic rings. The number of ether oxygens (including phenoxy) is 2. The van der Waals surface area contributed by atoms with Crippen LogP contribution in [-0.2, 0) is 0 Å². The fraction of sp³-hybridized carbons (Fsp3) is 0.400. The van der Waals surface area contributed by atoms with E-state index in [-0.39, 0.29) is 17.8 Å². The maximum absolute atomic E-state index is 12.6. The maximum atomic E-state index is 12.6. The maximum Gasteiger partial charge on any atom is 0.291 e. The molecule has 3 rings (SSSR count). The van der Waals surface area contributed by atoms with Gasteiger partial charge in [0.05, 0.1) is 19.3 Å². The second kappa shape index (κ2) is 8.24. The molecule has 0 aliphatic carbocycles. The van der Waals surface area contributed by atoms with E-state index in [1.54, 1.807) is 4.52 Å². The minimum atomic E-state index is -0.359. The number of hydrogen-bond donors (Lipinski definition) is 1. The highest BCUT2D eigenvalue weighted by Gasteiger charge is 2.19. The summed E-state index contributed by atoms with van der Waals surface area (Å²) in [5, 5.41) is 7.20. The molecule has 28 heavy (non-hydrogen) atoms. The van der Waals surface area contributed by atoms with Crippen LogP contribution in [-0.4, -0.2) is 38.7 Å². The Kier molecular flexibility index (Phi) is 5.77. The number of fused-ring (bicyclic) bond motifs is 1. The second-order valence-electron chi connectivity index (χ2n) is 6.45. The van der Waals surface area contributed by atoms with Gasteiger partial charge in [0.2, 0.25) is 5.82 Å². The average Bonchev–Trinajstić information content (AvgIpc) is 3.08. The first-order valence-electron chi connectivity index (χ1n) is 9.34. The van der Waals surface area contributed by atoms with Crippen LogP contribution in [0.15, 0.2) is 24.3 Å². The van der Waals surface area contributed by atoms with Crippen molar-refractivity contribution in [3.05, 3.63) is 47.0 Å². The van der Waals surface area contributed by atoms with Crippen LogP contribution in [0.2, 0.25) is 0 Å². The Morgan fingerprint density at radius 3 is 2.54 bits per heavy atom. The van der Waals surface area contributed by atoms with Crippen LogP contribution >= 0.6 is 0 Å². The van der Waals surface area contributed by atoms with E-state index in [2.05, 4.69) is 20.4 Å². The quantitative estimate of drug-likeness (QED) is 0.674. The Balaban J connectivity index is 1.80. The smallest absolute Gasteiger partial charge is 0.291 e. The van der Waals surface area contributed by atoms with E-state index in [0.29, 0.717) is 30.5 Å². The number of carbonyl (C=O) groups is 1. The molecule has 0 fully saturated rings. The van der Waals surface area contributed by atoms with Crippen molar-refractivity contribution in [3.63, 3.8) is 0 Å². The van der Waals surface area contributed by atoms with Crippen LogP contribution < -0.4 is 14.8 Å². The predicted molar refractivity (Wildman–Crippen MR) is 105 cm³/mol. The Labute approximate surface area is 163 Å². The molecule has 0 saturated heterocycles. The molecule has 0 aliphatic heterocycles. The van der Waals surface area contributed by atoms with Gasteiger partial charge in [0, 0.05) is 11.4 Å². The van der Waals surface area contributed by atoms with Crippen molar-refractivity contribution in [1.82, 2.24) is 24.9 Å². The van der Waals surface area contributed by atoms with Crippen molar-refractivity contribution in [3.8, 4) is 11.5 Å². The first kappa shape index (κ1) is 19.6.